The summed E-state index contributed by atoms with van der Waals surface area (Å²) in [5.74, 6) is 0. The lowest BCUT2D eigenvalue weighted by Gasteiger charge is -2.36. The summed E-state index contributed by atoms with van der Waals surface area (Å²) in [5.41, 5.74) is 4.95. The molecule has 2 fully saturated rings. The van der Waals surface area contributed by atoms with Crippen LogP contribution in [0, 0.1) is 6.92 Å². The normalized spacial score (nSPS) is 17.1. The van der Waals surface area contributed by atoms with Crippen molar-refractivity contribution < 1.29 is 4.79 Å². The molecule has 0 atom stereocenters. The van der Waals surface area contributed by atoms with Gasteiger partial charge in [-0.05, 0) is 49.6 Å². The zero-order valence-electron chi connectivity index (χ0n) is 16.7. The van der Waals surface area contributed by atoms with Crippen molar-refractivity contribution in [1.29, 1.82) is 0 Å². The van der Waals surface area contributed by atoms with Crippen molar-refractivity contribution in [2.24, 2.45) is 0 Å². The lowest BCUT2D eigenvalue weighted by Crippen LogP contribution is -2.51. The fraction of sp³-hybridized carbons (Fsp3) is 0.435. The lowest BCUT2D eigenvalue weighted by molar-refractivity contribution is 0.194. The molecular formula is C23H30N4O. The van der Waals surface area contributed by atoms with Crippen LogP contribution in [-0.4, -0.2) is 50.2 Å². The van der Waals surface area contributed by atoms with Crippen LogP contribution < -0.4 is 15.1 Å². The second-order valence-electron chi connectivity index (χ2n) is 7.83. The van der Waals surface area contributed by atoms with E-state index in [0.29, 0.717) is 6.54 Å². The van der Waals surface area contributed by atoms with Gasteiger partial charge in [-0.25, -0.2) is 4.79 Å². The predicted molar refractivity (Wildman–Crippen MR) is 115 cm³/mol. The largest absolute Gasteiger partial charge is 0.372 e. The molecule has 5 nitrogen and oxygen atoms in total. The molecule has 0 aliphatic carbocycles. The number of aryl methyl sites for hydroxylation is 1. The standard InChI is InChI=1S/C23H30N4O/c1-19-4-6-20(7-5-19)18-24-23(28)27-16-14-26(15-17-27)22-10-8-21(9-11-22)25-12-2-3-13-25/h4-11H,2-3,12-18H2,1H3,(H,24,28). The number of benzene rings is 2. The first kappa shape index (κ1) is 18.7. The average molecular weight is 379 g/mol. The Morgan fingerprint density at radius 3 is 1.89 bits per heavy atom. The molecule has 0 radical (unpaired) electrons. The molecular weight excluding hydrogens is 348 g/mol. The highest BCUT2D eigenvalue weighted by Crippen LogP contribution is 2.24. The molecule has 0 bridgehead atoms. The van der Waals surface area contributed by atoms with Crippen molar-refractivity contribution >= 4 is 17.4 Å². The summed E-state index contributed by atoms with van der Waals surface area (Å²) in [4.78, 5) is 19.2. The van der Waals surface area contributed by atoms with Crippen molar-refractivity contribution in [3.63, 3.8) is 0 Å². The van der Waals surface area contributed by atoms with Gasteiger partial charge < -0.3 is 20.0 Å². The van der Waals surface area contributed by atoms with E-state index in [4.69, 9.17) is 0 Å². The predicted octanol–water partition coefficient (Wildman–Crippen LogP) is 3.63. The number of urea groups is 1. The van der Waals surface area contributed by atoms with Gasteiger partial charge >= 0.3 is 6.03 Å². The first-order valence-electron chi connectivity index (χ1n) is 10.4. The number of carbonyl (C=O) groups excluding carboxylic acids is 1. The van der Waals surface area contributed by atoms with Crippen molar-refractivity contribution in [3.8, 4) is 0 Å². The van der Waals surface area contributed by atoms with Gasteiger partial charge in [-0.3, -0.25) is 0 Å². The number of amides is 2. The maximum Gasteiger partial charge on any atom is 0.317 e. The van der Waals surface area contributed by atoms with Gasteiger partial charge in [0.25, 0.3) is 0 Å². The molecule has 0 saturated carbocycles. The summed E-state index contributed by atoms with van der Waals surface area (Å²) in [5, 5.41) is 3.04. The Bertz CT molecular complexity index is 773. The Labute approximate surface area is 167 Å². The molecule has 5 heteroatoms. The maximum absolute atomic E-state index is 12.5. The number of anilines is 2. The van der Waals surface area contributed by atoms with E-state index in [0.717, 1.165) is 31.7 Å². The van der Waals surface area contributed by atoms with Crippen LogP contribution in [0.1, 0.15) is 24.0 Å². The molecule has 2 aliphatic rings. The fourth-order valence-electron chi connectivity index (χ4n) is 4.01. The number of nitrogens with one attached hydrogen (secondary N) is 1. The molecule has 2 saturated heterocycles. The Hall–Kier alpha value is -2.69. The van der Waals surface area contributed by atoms with Crippen LogP contribution in [0.2, 0.25) is 0 Å². The van der Waals surface area contributed by atoms with Crippen LogP contribution in [0.3, 0.4) is 0 Å². The van der Waals surface area contributed by atoms with Crippen molar-refractivity contribution in [1.82, 2.24) is 10.2 Å². The number of hydrogen-bond donors (Lipinski definition) is 1. The van der Waals surface area contributed by atoms with Gasteiger partial charge in [-0.2, -0.15) is 0 Å². The molecule has 2 amide bonds. The molecule has 2 aromatic rings. The number of nitrogens with zero attached hydrogens (tertiary/aromatic N) is 3. The molecule has 0 unspecified atom stereocenters. The maximum atomic E-state index is 12.5. The topological polar surface area (TPSA) is 38.8 Å². The molecule has 0 spiro atoms. The highest BCUT2D eigenvalue weighted by molar-refractivity contribution is 5.74. The monoisotopic (exact) mass is 378 g/mol. The van der Waals surface area contributed by atoms with E-state index in [1.54, 1.807) is 0 Å². The summed E-state index contributed by atoms with van der Waals surface area (Å²) in [6.07, 6.45) is 2.60. The fourth-order valence-corrected chi connectivity index (χ4v) is 4.01. The number of piperazine rings is 1. The van der Waals surface area contributed by atoms with E-state index in [1.165, 1.54) is 42.9 Å². The quantitative estimate of drug-likeness (QED) is 0.883. The van der Waals surface area contributed by atoms with Crippen LogP contribution in [0.25, 0.3) is 0 Å². The SMILES string of the molecule is Cc1ccc(CNC(=O)N2CCN(c3ccc(N4CCCC4)cc3)CC2)cc1. The van der Waals surface area contributed by atoms with E-state index in [9.17, 15) is 4.79 Å². The highest BCUT2D eigenvalue weighted by atomic mass is 16.2. The van der Waals surface area contributed by atoms with Gasteiger partial charge in [-0.15, -0.1) is 0 Å². The van der Waals surface area contributed by atoms with Gasteiger partial charge in [0.1, 0.15) is 0 Å². The number of rotatable bonds is 4. The van der Waals surface area contributed by atoms with E-state index < -0.39 is 0 Å². The molecule has 0 aromatic heterocycles. The molecule has 1 N–H and O–H groups in total. The Morgan fingerprint density at radius 2 is 1.32 bits per heavy atom. The van der Waals surface area contributed by atoms with Gasteiger partial charge in [0.05, 0.1) is 0 Å². The summed E-state index contributed by atoms with van der Waals surface area (Å²) < 4.78 is 0. The first-order chi connectivity index (χ1) is 13.7. The van der Waals surface area contributed by atoms with E-state index in [2.05, 4.69) is 70.6 Å². The minimum Gasteiger partial charge on any atom is -0.372 e. The van der Waals surface area contributed by atoms with Crippen LogP contribution in [0.15, 0.2) is 48.5 Å². The van der Waals surface area contributed by atoms with Gasteiger partial charge in [0.2, 0.25) is 0 Å². The van der Waals surface area contributed by atoms with Crippen molar-refractivity contribution in [3.05, 3.63) is 59.7 Å². The Kier molecular flexibility index (Phi) is 5.70. The van der Waals surface area contributed by atoms with Gasteiger partial charge in [0.15, 0.2) is 0 Å². The highest BCUT2D eigenvalue weighted by Gasteiger charge is 2.21. The van der Waals surface area contributed by atoms with Gasteiger partial charge in [-0.1, -0.05) is 29.8 Å². The van der Waals surface area contributed by atoms with Crippen molar-refractivity contribution in [2.75, 3.05) is 49.1 Å². The number of carbonyl (C=O) groups is 1. The third-order valence-corrected chi connectivity index (χ3v) is 5.82. The molecule has 148 valence electrons. The minimum atomic E-state index is 0.0320. The summed E-state index contributed by atoms with van der Waals surface area (Å²) in [7, 11) is 0. The summed E-state index contributed by atoms with van der Waals surface area (Å²) in [6, 6.07) is 17.2. The van der Waals surface area contributed by atoms with Crippen LogP contribution in [0.5, 0.6) is 0 Å². The second-order valence-corrected chi connectivity index (χ2v) is 7.83. The Morgan fingerprint density at radius 1 is 0.786 bits per heavy atom. The first-order valence-corrected chi connectivity index (χ1v) is 10.4. The zero-order valence-corrected chi connectivity index (χ0v) is 16.7. The third-order valence-electron chi connectivity index (χ3n) is 5.82. The molecule has 28 heavy (non-hydrogen) atoms. The van der Waals surface area contributed by atoms with E-state index in [1.807, 2.05) is 4.90 Å². The zero-order chi connectivity index (χ0) is 19.3. The van der Waals surface area contributed by atoms with Crippen LogP contribution in [-0.2, 0) is 6.54 Å². The Balaban J connectivity index is 1.25. The molecule has 2 aliphatic heterocycles. The smallest absolute Gasteiger partial charge is 0.317 e. The van der Waals surface area contributed by atoms with E-state index in [-0.39, 0.29) is 6.03 Å². The van der Waals surface area contributed by atoms with Gasteiger partial charge in [0, 0.05) is 57.2 Å². The summed E-state index contributed by atoms with van der Waals surface area (Å²) in [6.45, 7) is 8.27. The third kappa shape index (κ3) is 4.41. The molecule has 4 rings (SSSR count). The van der Waals surface area contributed by atoms with Crippen molar-refractivity contribution in [2.45, 2.75) is 26.3 Å². The van der Waals surface area contributed by atoms with Crippen LogP contribution in [0.4, 0.5) is 16.2 Å². The average Bonchev–Trinajstić information content (AvgIpc) is 3.28. The number of hydrogen-bond acceptors (Lipinski definition) is 3. The van der Waals surface area contributed by atoms with Crippen LogP contribution >= 0.6 is 0 Å². The lowest BCUT2D eigenvalue weighted by atomic mass is 10.1. The van der Waals surface area contributed by atoms with E-state index >= 15 is 0 Å². The second kappa shape index (κ2) is 8.55. The summed E-state index contributed by atoms with van der Waals surface area (Å²) >= 11 is 0. The molecule has 2 aromatic carbocycles. The minimum absolute atomic E-state index is 0.0320. The molecule has 2 heterocycles.